The molecule has 3 heterocycles. The molecular formula is C17H14ClN5O. The van der Waals surface area contributed by atoms with Crippen LogP contribution in [-0.4, -0.2) is 30.3 Å². The number of benzene rings is 1. The SMILES string of the molecule is Cc1nc2n(c1C)-c1ccc(Cl)cc1C(c1ncccn1)=NC2O. The van der Waals surface area contributed by atoms with Gasteiger partial charge in [0.05, 0.1) is 11.4 Å². The summed E-state index contributed by atoms with van der Waals surface area (Å²) in [5, 5.41) is 11.2. The molecule has 120 valence electrons. The fourth-order valence-electron chi connectivity index (χ4n) is 2.86. The first-order valence-corrected chi connectivity index (χ1v) is 7.83. The minimum atomic E-state index is -1.11. The number of fused-ring (bicyclic) bond motifs is 3. The van der Waals surface area contributed by atoms with Crippen LogP contribution in [0.3, 0.4) is 0 Å². The maximum absolute atomic E-state index is 10.6. The Morgan fingerprint density at radius 2 is 1.92 bits per heavy atom. The number of hydrogen-bond acceptors (Lipinski definition) is 5. The predicted molar refractivity (Wildman–Crippen MR) is 90.7 cm³/mol. The summed E-state index contributed by atoms with van der Waals surface area (Å²) < 4.78 is 1.91. The van der Waals surface area contributed by atoms with E-state index in [4.69, 9.17) is 11.6 Å². The van der Waals surface area contributed by atoms with Crippen molar-refractivity contribution in [1.29, 1.82) is 0 Å². The van der Waals surface area contributed by atoms with Crippen LogP contribution in [0.1, 0.15) is 34.8 Å². The average molecular weight is 340 g/mol. The third-order valence-corrected chi connectivity index (χ3v) is 4.32. The highest BCUT2D eigenvalue weighted by Gasteiger charge is 2.28. The van der Waals surface area contributed by atoms with Gasteiger partial charge in [-0.05, 0) is 38.1 Å². The lowest BCUT2D eigenvalue weighted by Crippen LogP contribution is -2.11. The number of aliphatic hydroxyl groups excluding tert-OH is 1. The van der Waals surface area contributed by atoms with Crippen molar-refractivity contribution in [2.75, 3.05) is 0 Å². The van der Waals surface area contributed by atoms with Crippen LogP contribution >= 0.6 is 11.6 Å². The largest absolute Gasteiger partial charge is 0.365 e. The monoisotopic (exact) mass is 339 g/mol. The van der Waals surface area contributed by atoms with Gasteiger partial charge in [-0.15, -0.1) is 0 Å². The van der Waals surface area contributed by atoms with Gasteiger partial charge in [0.25, 0.3) is 0 Å². The first-order valence-electron chi connectivity index (χ1n) is 7.45. The Morgan fingerprint density at radius 3 is 2.67 bits per heavy atom. The molecule has 1 N–H and O–H groups in total. The lowest BCUT2D eigenvalue weighted by molar-refractivity contribution is 0.177. The molecule has 0 bridgehead atoms. The molecule has 6 nitrogen and oxygen atoms in total. The van der Waals surface area contributed by atoms with E-state index in [0.717, 1.165) is 22.6 Å². The number of hydrogen-bond donors (Lipinski definition) is 1. The molecule has 4 rings (SSSR count). The Labute approximate surface area is 143 Å². The number of aromatic nitrogens is 4. The lowest BCUT2D eigenvalue weighted by Gasteiger charge is -2.13. The highest BCUT2D eigenvalue weighted by Crippen LogP contribution is 2.32. The molecular weight excluding hydrogens is 326 g/mol. The maximum atomic E-state index is 10.6. The maximum Gasteiger partial charge on any atom is 0.205 e. The molecule has 1 aromatic carbocycles. The first-order chi connectivity index (χ1) is 11.6. The zero-order chi connectivity index (χ0) is 16.8. The van der Waals surface area contributed by atoms with Gasteiger partial charge in [-0.2, -0.15) is 0 Å². The zero-order valence-corrected chi connectivity index (χ0v) is 13.9. The van der Waals surface area contributed by atoms with Crippen molar-refractivity contribution in [3.63, 3.8) is 0 Å². The number of rotatable bonds is 1. The third kappa shape index (κ3) is 2.23. The summed E-state index contributed by atoms with van der Waals surface area (Å²) in [6, 6.07) is 7.24. The topological polar surface area (TPSA) is 76.2 Å². The summed E-state index contributed by atoms with van der Waals surface area (Å²) in [5.74, 6) is 0.902. The third-order valence-electron chi connectivity index (χ3n) is 4.08. The van der Waals surface area contributed by atoms with Crippen molar-refractivity contribution < 1.29 is 5.11 Å². The molecule has 1 aliphatic heterocycles. The van der Waals surface area contributed by atoms with Crippen molar-refractivity contribution >= 4 is 17.3 Å². The Morgan fingerprint density at radius 1 is 1.17 bits per heavy atom. The predicted octanol–water partition coefficient (Wildman–Crippen LogP) is 2.77. The second-order valence-electron chi connectivity index (χ2n) is 5.56. The van der Waals surface area contributed by atoms with Crippen molar-refractivity contribution in [2.24, 2.45) is 4.99 Å². The van der Waals surface area contributed by atoms with Gasteiger partial charge in [0.15, 0.2) is 11.6 Å². The number of halogens is 1. The van der Waals surface area contributed by atoms with Gasteiger partial charge in [0.1, 0.15) is 5.71 Å². The number of nitrogens with zero attached hydrogens (tertiary/aromatic N) is 5. The molecule has 1 aliphatic rings. The molecule has 0 radical (unpaired) electrons. The van der Waals surface area contributed by atoms with Gasteiger partial charge in [-0.3, -0.25) is 4.57 Å². The van der Waals surface area contributed by atoms with Crippen molar-refractivity contribution in [2.45, 2.75) is 20.1 Å². The Kier molecular flexibility index (Phi) is 3.44. The van der Waals surface area contributed by atoms with Crippen molar-refractivity contribution in [3.05, 3.63) is 70.3 Å². The van der Waals surface area contributed by atoms with Crippen LogP contribution in [0.5, 0.6) is 0 Å². The summed E-state index contributed by atoms with van der Waals surface area (Å²) in [5.41, 5.74) is 3.88. The van der Waals surface area contributed by atoms with Gasteiger partial charge in [0.2, 0.25) is 6.23 Å². The van der Waals surface area contributed by atoms with Crippen LogP contribution in [0.4, 0.5) is 0 Å². The lowest BCUT2D eigenvalue weighted by atomic mass is 10.1. The smallest absolute Gasteiger partial charge is 0.205 e. The molecule has 0 saturated heterocycles. The molecule has 1 atom stereocenters. The number of aryl methyl sites for hydroxylation is 1. The van der Waals surface area contributed by atoms with E-state index in [-0.39, 0.29) is 0 Å². The Hall–Kier alpha value is -2.57. The number of aliphatic hydroxyl groups is 1. The zero-order valence-electron chi connectivity index (χ0n) is 13.1. The van der Waals surface area contributed by atoms with E-state index >= 15 is 0 Å². The number of aliphatic imine (C=N–C) groups is 1. The van der Waals surface area contributed by atoms with Crippen LogP contribution < -0.4 is 0 Å². The summed E-state index contributed by atoms with van der Waals surface area (Å²) in [6.07, 6.45) is 2.17. The fraction of sp³-hybridized carbons (Fsp3) is 0.176. The molecule has 7 heteroatoms. The van der Waals surface area contributed by atoms with Crippen LogP contribution in [0.2, 0.25) is 5.02 Å². The van der Waals surface area contributed by atoms with Crippen LogP contribution in [0.15, 0.2) is 41.7 Å². The van der Waals surface area contributed by atoms with E-state index in [1.807, 2.05) is 30.5 Å². The standard InChI is InChI=1S/C17H14ClN5O/c1-9-10(2)23-13-5-4-11(18)8-12(13)14(15-19-6-3-7-20-15)22-17(24)16(23)21-9/h3-8,17,24H,1-2H3. The molecule has 2 aromatic heterocycles. The minimum absolute atomic E-state index is 0.431. The van der Waals surface area contributed by atoms with E-state index in [2.05, 4.69) is 19.9 Å². The van der Waals surface area contributed by atoms with E-state index in [0.29, 0.717) is 22.4 Å². The van der Waals surface area contributed by atoms with Gasteiger partial charge in [-0.1, -0.05) is 11.6 Å². The van der Waals surface area contributed by atoms with E-state index in [9.17, 15) is 5.11 Å². The second-order valence-corrected chi connectivity index (χ2v) is 6.00. The highest BCUT2D eigenvalue weighted by atomic mass is 35.5. The van der Waals surface area contributed by atoms with Gasteiger partial charge in [-0.25, -0.2) is 19.9 Å². The second kappa shape index (κ2) is 5.51. The minimum Gasteiger partial charge on any atom is -0.365 e. The molecule has 0 saturated carbocycles. The van der Waals surface area contributed by atoms with Gasteiger partial charge in [0, 0.05) is 28.7 Å². The van der Waals surface area contributed by atoms with Crippen LogP contribution in [0, 0.1) is 13.8 Å². The summed E-state index contributed by atoms with van der Waals surface area (Å²) in [4.78, 5) is 17.4. The van der Waals surface area contributed by atoms with Crippen LogP contribution in [-0.2, 0) is 0 Å². The average Bonchev–Trinajstić information content (AvgIpc) is 2.82. The summed E-state index contributed by atoms with van der Waals surface area (Å²) in [7, 11) is 0. The highest BCUT2D eigenvalue weighted by molar-refractivity contribution is 6.31. The number of imidazole rings is 1. The van der Waals surface area contributed by atoms with Crippen LogP contribution in [0.25, 0.3) is 5.69 Å². The normalized spacial score (nSPS) is 16.2. The molecule has 0 fully saturated rings. The van der Waals surface area contributed by atoms with Gasteiger partial charge >= 0.3 is 0 Å². The van der Waals surface area contributed by atoms with Crippen molar-refractivity contribution in [3.8, 4) is 5.69 Å². The molecule has 1 unspecified atom stereocenters. The Bertz CT molecular complexity index is 965. The molecule has 0 spiro atoms. The molecule has 0 amide bonds. The van der Waals surface area contributed by atoms with E-state index in [1.54, 1.807) is 24.5 Å². The molecule has 3 aromatic rings. The molecule has 24 heavy (non-hydrogen) atoms. The fourth-order valence-corrected chi connectivity index (χ4v) is 3.03. The molecule has 0 aliphatic carbocycles. The van der Waals surface area contributed by atoms with Gasteiger partial charge < -0.3 is 5.11 Å². The summed E-state index contributed by atoms with van der Waals surface area (Å²) in [6.45, 7) is 3.87. The Balaban J connectivity index is 2.07. The van der Waals surface area contributed by atoms with Crippen molar-refractivity contribution in [1.82, 2.24) is 19.5 Å². The van der Waals surface area contributed by atoms with E-state index in [1.165, 1.54) is 0 Å². The first kappa shape index (κ1) is 15.0. The van der Waals surface area contributed by atoms with E-state index < -0.39 is 6.23 Å². The quantitative estimate of drug-likeness (QED) is 0.739. The summed E-state index contributed by atoms with van der Waals surface area (Å²) >= 11 is 6.21.